The number of benzene rings is 4. The van der Waals surface area contributed by atoms with Crippen LogP contribution < -0.4 is 4.90 Å². The summed E-state index contributed by atoms with van der Waals surface area (Å²) in [7, 11) is 0. The standard InChI is InChI=1S/C55H57N/c1-10-40(3)15-16-45(8)37-51(49-28-18-43(6)19-29-49)38-47-24-33-53(34-25-47)56(52-31-21-44(7)22-32-52)54-35-26-48(27-36-54)39-55(46(9)23-17-41(4)11-2)50-14-12-13-42(5)20-30-50/h10-12,14-36,38-39H,8-9,13,37H2,1-7H3/b16-15-,23-17-,40-10-,41-11-,51-38-,55-39-. The molecule has 0 aromatic heterocycles. The van der Waals surface area contributed by atoms with Gasteiger partial charge in [0.25, 0.3) is 0 Å². The van der Waals surface area contributed by atoms with Gasteiger partial charge < -0.3 is 4.90 Å². The van der Waals surface area contributed by atoms with Gasteiger partial charge >= 0.3 is 0 Å². The van der Waals surface area contributed by atoms with Crippen LogP contribution in [0, 0.1) is 13.8 Å². The molecule has 0 atom stereocenters. The zero-order valence-corrected chi connectivity index (χ0v) is 34.4. The van der Waals surface area contributed by atoms with Gasteiger partial charge in [0.2, 0.25) is 0 Å². The van der Waals surface area contributed by atoms with Crippen molar-refractivity contribution in [3.63, 3.8) is 0 Å². The summed E-state index contributed by atoms with van der Waals surface area (Å²) in [6, 6.07) is 35.2. The highest BCUT2D eigenvalue weighted by Gasteiger charge is 2.14. The monoisotopic (exact) mass is 731 g/mol. The lowest BCUT2D eigenvalue weighted by Gasteiger charge is -2.26. The van der Waals surface area contributed by atoms with E-state index in [1.807, 2.05) is 0 Å². The molecule has 4 aromatic carbocycles. The first-order valence-electron chi connectivity index (χ1n) is 19.6. The van der Waals surface area contributed by atoms with Crippen molar-refractivity contribution in [2.45, 2.75) is 61.3 Å². The Labute approximate surface area is 337 Å². The molecule has 282 valence electrons. The number of rotatable bonds is 14. The van der Waals surface area contributed by atoms with Crippen molar-refractivity contribution in [1.82, 2.24) is 0 Å². The average Bonchev–Trinajstić information content (AvgIpc) is 3.43. The van der Waals surface area contributed by atoms with Crippen LogP contribution >= 0.6 is 0 Å². The third-order valence-corrected chi connectivity index (χ3v) is 10.1. The molecule has 0 amide bonds. The van der Waals surface area contributed by atoms with Crippen LogP contribution in [0.1, 0.15) is 75.3 Å². The first kappa shape index (κ1) is 41.0. The summed E-state index contributed by atoms with van der Waals surface area (Å²) in [5.41, 5.74) is 18.6. The van der Waals surface area contributed by atoms with Crippen LogP contribution in [0.3, 0.4) is 0 Å². The fourth-order valence-electron chi connectivity index (χ4n) is 6.29. The molecule has 0 heterocycles. The van der Waals surface area contributed by atoms with E-state index in [0.717, 1.165) is 63.3 Å². The van der Waals surface area contributed by atoms with Crippen LogP contribution in [0.25, 0.3) is 17.7 Å². The maximum Gasteiger partial charge on any atom is 0.0462 e. The van der Waals surface area contributed by atoms with Gasteiger partial charge in [-0.15, -0.1) is 0 Å². The lowest BCUT2D eigenvalue weighted by Crippen LogP contribution is -2.09. The van der Waals surface area contributed by atoms with E-state index < -0.39 is 0 Å². The van der Waals surface area contributed by atoms with E-state index in [1.165, 1.54) is 39.0 Å². The van der Waals surface area contributed by atoms with Gasteiger partial charge in [0.15, 0.2) is 0 Å². The molecule has 1 aliphatic carbocycles. The van der Waals surface area contributed by atoms with Crippen molar-refractivity contribution < 1.29 is 0 Å². The van der Waals surface area contributed by atoms with Gasteiger partial charge in [0.05, 0.1) is 0 Å². The lowest BCUT2D eigenvalue weighted by atomic mass is 9.94. The van der Waals surface area contributed by atoms with Crippen molar-refractivity contribution in [3.8, 4) is 0 Å². The van der Waals surface area contributed by atoms with Crippen molar-refractivity contribution in [2.24, 2.45) is 0 Å². The van der Waals surface area contributed by atoms with E-state index >= 15 is 0 Å². The maximum absolute atomic E-state index is 4.49. The fraction of sp³-hybridized carbons (Fsp3) is 0.164. The van der Waals surface area contributed by atoms with E-state index in [2.05, 4.69) is 236 Å². The van der Waals surface area contributed by atoms with Crippen molar-refractivity contribution in [3.05, 3.63) is 238 Å². The van der Waals surface area contributed by atoms with Gasteiger partial charge in [-0.1, -0.05) is 174 Å². The van der Waals surface area contributed by atoms with Crippen LogP contribution in [-0.2, 0) is 0 Å². The van der Waals surface area contributed by atoms with Gasteiger partial charge in [-0.25, -0.2) is 0 Å². The first-order chi connectivity index (χ1) is 27.0. The molecule has 0 saturated heterocycles. The molecule has 56 heavy (non-hydrogen) atoms. The quantitative estimate of drug-likeness (QED) is 0.0922. The predicted molar refractivity (Wildman–Crippen MR) is 249 cm³/mol. The Morgan fingerprint density at radius 3 is 1.66 bits per heavy atom. The van der Waals surface area contributed by atoms with Crippen molar-refractivity contribution in [2.75, 3.05) is 4.90 Å². The molecule has 0 aliphatic heterocycles. The highest BCUT2D eigenvalue weighted by Crippen LogP contribution is 2.36. The largest absolute Gasteiger partial charge is 0.311 e. The molecule has 0 saturated carbocycles. The average molecular weight is 732 g/mol. The van der Waals surface area contributed by atoms with Crippen LogP contribution in [0.2, 0.25) is 0 Å². The second kappa shape index (κ2) is 19.9. The van der Waals surface area contributed by atoms with Crippen LogP contribution in [0.4, 0.5) is 17.1 Å². The Kier molecular flexibility index (Phi) is 14.6. The smallest absolute Gasteiger partial charge is 0.0462 e. The highest BCUT2D eigenvalue weighted by molar-refractivity contribution is 5.84. The Hall–Kier alpha value is -6.18. The Bertz CT molecular complexity index is 2280. The Balaban J connectivity index is 1.51. The van der Waals surface area contributed by atoms with Gasteiger partial charge in [0.1, 0.15) is 0 Å². The molecule has 0 fully saturated rings. The molecule has 0 N–H and O–H groups in total. The van der Waals surface area contributed by atoms with Crippen molar-refractivity contribution >= 4 is 34.8 Å². The summed E-state index contributed by atoms with van der Waals surface area (Å²) in [4.78, 5) is 2.32. The molecule has 4 aromatic rings. The molecule has 1 nitrogen and oxygen atoms in total. The molecule has 1 heteroatoms. The number of hydrogen-bond donors (Lipinski definition) is 0. The number of hydrogen-bond acceptors (Lipinski definition) is 1. The molecule has 0 radical (unpaired) electrons. The second-order valence-electron chi connectivity index (χ2n) is 14.8. The Morgan fingerprint density at radius 2 is 1.11 bits per heavy atom. The molecule has 0 spiro atoms. The highest BCUT2D eigenvalue weighted by atomic mass is 15.1. The number of anilines is 3. The molecular weight excluding hydrogens is 675 g/mol. The van der Waals surface area contributed by atoms with E-state index in [1.54, 1.807) is 0 Å². The molecule has 0 unspecified atom stereocenters. The van der Waals surface area contributed by atoms with Gasteiger partial charge in [-0.2, -0.15) is 0 Å². The van der Waals surface area contributed by atoms with E-state index in [0.29, 0.717) is 0 Å². The van der Waals surface area contributed by atoms with Crippen LogP contribution in [0.5, 0.6) is 0 Å². The number of nitrogens with zero attached hydrogens (tertiary/aromatic N) is 1. The molecule has 1 aliphatic rings. The first-order valence-corrected chi connectivity index (χ1v) is 19.6. The van der Waals surface area contributed by atoms with Crippen LogP contribution in [-0.4, -0.2) is 0 Å². The SMILES string of the molecule is C=C(/C=C\C(C)=C/C)C/C(=C/c1ccc(N(c2ccc(C)cc2)c2ccc(/C=C(/C(=C)/C=C\C(C)=C/C)C3=CC=C(C)CC=C3)cc2)cc1)c1ccc(C)cc1. The molecule has 5 rings (SSSR count). The minimum absolute atomic E-state index is 0.763. The van der Waals surface area contributed by atoms with Crippen molar-refractivity contribution in [1.29, 1.82) is 0 Å². The van der Waals surface area contributed by atoms with Crippen LogP contribution in [0.15, 0.2) is 210 Å². The summed E-state index contributed by atoms with van der Waals surface area (Å²) in [6.45, 7) is 23.7. The zero-order chi connectivity index (χ0) is 40.0. The second-order valence-corrected chi connectivity index (χ2v) is 14.8. The molecular formula is C55H57N. The summed E-state index contributed by atoms with van der Waals surface area (Å²) in [5, 5.41) is 0. The number of aryl methyl sites for hydroxylation is 2. The number of allylic oxidation sites excluding steroid dienone is 18. The third-order valence-electron chi connectivity index (χ3n) is 10.1. The fourth-order valence-corrected chi connectivity index (χ4v) is 6.29. The third kappa shape index (κ3) is 11.7. The van der Waals surface area contributed by atoms with Gasteiger partial charge in [-0.05, 0) is 143 Å². The molecule has 0 bridgehead atoms. The van der Waals surface area contributed by atoms with E-state index in [9.17, 15) is 0 Å². The lowest BCUT2D eigenvalue weighted by molar-refractivity contribution is 1.22. The zero-order valence-electron chi connectivity index (χ0n) is 34.4. The summed E-state index contributed by atoms with van der Waals surface area (Å²) < 4.78 is 0. The van der Waals surface area contributed by atoms with Gasteiger partial charge in [0, 0.05) is 17.1 Å². The maximum atomic E-state index is 4.49. The summed E-state index contributed by atoms with van der Waals surface area (Å²) >= 11 is 0. The minimum atomic E-state index is 0.763. The van der Waals surface area contributed by atoms with Gasteiger partial charge in [-0.3, -0.25) is 0 Å². The predicted octanol–water partition coefficient (Wildman–Crippen LogP) is 16.1. The van der Waals surface area contributed by atoms with E-state index in [4.69, 9.17) is 0 Å². The normalized spacial score (nSPS) is 14.2. The van der Waals surface area contributed by atoms with E-state index in [-0.39, 0.29) is 0 Å². The summed E-state index contributed by atoms with van der Waals surface area (Å²) in [5.74, 6) is 0. The minimum Gasteiger partial charge on any atom is -0.311 e. The Morgan fingerprint density at radius 1 is 0.607 bits per heavy atom. The summed E-state index contributed by atoms with van der Waals surface area (Å²) in [6.07, 6.45) is 27.9. The topological polar surface area (TPSA) is 3.24 Å².